The third-order valence-corrected chi connectivity index (χ3v) is 4.61. The molecule has 1 aromatic heterocycles. The lowest BCUT2D eigenvalue weighted by Gasteiger charge is -2.13. The van der Waals surface area contributed by atoms with E-state index in [1.54, 1.807) is 11.3 Å². The lowest BCUT2D eigenvalue weighted by molar-refractivity contribution is 0.289. The molecular formula is C14H15ClN2S. The minimum absolute atomic E-state index is 0.862. The molecule has 0 spiro atoms. The van der Waals surface area contributed by atoms with Gasteiger partial charge in [0.05, 0.1) is 4.34 Å². The van der Waals surface area contributed by atoms with E-state index in [0.717, 1.165) is 36.1 Å². The van der Waals surface area contributed by atoms with E-state index in [1.165, 1.54) is 16.0 Å². The third-order valence-electron chi connectivity index (χ3n) is 3.32. The SMILES string of the molecule is Nc1ccc2c(c1)CN(CCc1ccc(Cl)s1)C2. The van der Waals surface area contributed by atoms with Gasteiger partial charge in [-0.15, -0.1) is 11.3 Å². The zero-order chi connectivity index (χ0) is 12.5. The molecule has 1 aliphatic rings. The number of hydrogen-bond acceptors (Lipinski definition) is 3. The van der Waals surface area contributed by atoms with Crippen LogP contribution in [0.1, 0.15) is 16.0 Å². The number of anilines is 1. The first-order valence-corrected chi connectivity index (χ1v) is 7.24. The summed E-state index contributed by atoms with van der Waals surface area (Å²) in [4.78, 5) is 3.81. The Morgan fingerprint density at radius 2 is 2.00 bits per heavy atom. The van der Waals surface area contributed by atoms with Crippen LogP contribution in [0.25, 0.3) is 0 Å². The maximum Gasteiger partial charge on any atom is 0.0931 e. The molecule has 2 N–H and O–H groups in total. The molecule has 0 radical (unpaired) electrons. The first-order valence-electron chi connectivity index (χ1n) is 6.04. The quantitative estimate of drug-likeness (QED) is 0.870. The Bertz CT molecular complexity index is 565. The second-order valence-corrected chi connectivity index (χ2v) is 6.49. The molecule has 2 aromatic rings. The van der Waals surface area contributed by atoms with Crippen LogP contribution in [0.2, 0.25) is 4.34 Å². The van der Waals surface area contributed by atoms with Gasteiger partial charge in [0.2, 0.25) is 0 Å². The van der Waals surface area contributed by atoms with Gasteiger partial charge in [-0.2, -0.15) is 0 Å². The van der Waals surface area contributed by atoms with Crippen molar-refractivity contribution in [2.75, 3.05) is 12.3 Å². The maximum atomic E-state index is 5.94. The Labute approximate surface area is 116 Å². The molecule has 18 heavy (non-hydrogen) atoms. The van der Waals surface area contributed by atoms with Gasteiger partial charge in [-0.3, -0.25) is 4.90 Å². The molecule has 0 aliphatic carbocycles. The predicted octanol–water partition coefficient (Wildman–Crippen LogP) is 3.54. The predicted molar refractivity (Wildman–Crippen MR) is 78.0 cm³/mol. The van der Waals surface area contributed by atoms with Gasteiger partial charge in [0.1, 0.15) is 0 Å². The summed E-state index contributed by atoms with van der Waals surface area (Å²) >= 11 is 7.61. The molecule has 0 bridgehead atoms. The molecule has 0 atom stereocenters. The van der Waals surface area contributed by atoms with Crippen LogP contribution in [0.15, 0.2) is 30.3 Å². The van der Waals surface area contributed by atoms with Crippen molar-refractivity contribution in [2.24, 2.45) is 0 Å². The Morgan fingerprint density at radius 1 is 1.17 bits per heavy atom. The number of nitrogen functional groups attached to an aromatic ring is 1. The molecule has 2 heterocycles. The molecule has 2 nitrogen and oxygen atoms in total. The number of benzene rings is 1. The van der Waals surface area contributed by atoms with Gasteiger partial charge in [-0.05, 0) is 41.8 Å². The van der Waals surface area contributed by atoms with Gasteiger partial charge in [0.15, 0.2) is 0 Å². The van der Waals surface area contributed by atoms with Gasteiger partial charge in [-0.25, -0.2) is 0 Å². The summed E-state index contributed by atoms with van der Waals surface area (Å²) < 4.78 is 0.877. The van der Waals surface area contributed by atoms with Crippen LogP contribution >= 0.6 is 22.9 Å². The number of thiophene rings is 1. The zero-order valence-corrected chi connectivity index (χ0v) is 11.6. The third kappa shape index (κ3) is 2.53. The van der Waals surface area contributed by atoms with Crippen LogP contribution in [0.3, 0.4) is 0 Å². The normalized spacial score (nSPS) is 14.9. The molecule has 94 valence electrons. The summed E-state index contributed by atoms with van der Waals surface area (Å²) in [5.74, 6) is 0. The lowest BCUT2D eigenvalue weighted by atomic mass is 10.1. The van der Waals surface area contributed by atoms with Crippen LogP contribution in [0, 0.1) is 0 Å². The fraction of sp³-hybridized carbons (Fsp3) is 0.286. The Hall–Kier alpha value is -1.03. The highest BCUT2D eigenvalue weighted by atomic mass is 35.5. The van der Waals surface area contributed by atoms with E-state index in [0.29, 0.717) is 0 Å². The highest BCUT2D eigenvalue weighted by Crippen LogP contribution is 2.26. The summed E-state index contributed by atoms with van der Waals surface area (Å²) in [6.45, 7) is 3.12. The van der Waals surface area contributed by atoms with Crippen molar-refractivity contribution in [2.45, 2.75) is 19.5 Å². The highest BCUT2D eigenvalue weighted by molar-refractivity contribution is 7.16. The minimum Gasteiger partial charge on any atom is -0.399 e. The first-order chi connectivity index (χ1) is 8.70. The standard InChI is InChI=1S/C14H15ClN2S/c15-14-4-3-13(18-14)5-6-17-8-10-1-2-12(16)7-11(10)9-17/h1-4,7H,5-6,8-9,16H2. The minimum atomic E-state index is 0.862. The summed E-state index contributed by atoms with van der Waals surface area (Å²) in [6.07, 6.45) is 1.07. The largest absolute Gasteiger partial charge is 0.399 e. The highest BCUT2D eigenvalue weighted by Gasteiger charge is 2.18. The zero-order valence-electron chi connectivity index (χ0n) is 10.0. The van der Waals surface area contributed by atoms with Gasteiger partial charge >= 0.3 is 0 Å². The molecule has 0 saturated heterocycles. The molecular weight excluding hydrogens is 264 g/mol. The summed E-state index contributed by atoms with van der Waals surface area (Å²) in [5.41, 5.74) is 9.46. The molecule has 4 heteroatoms. The van der Waals surface area contributed by atoms with Crippen molar-refractivity contribution in [1.29, 1.82) is 0 Å². The van der Waals surface area contributed by atoms with Gasteiger partial charge in [0.25, 0.3) is 0 Å². The summed E-state index contributed by atoms with van der Waals surface area (Å²) in [5, 5.41) is 0. The van der Waals surface area contributed by atoms with E-state index < -0.39 is 0 Å². The molecule has 0 saturated carbocycles. The monoisotopic (exact) mass is 278 g/mol. The number of halogens is 1. The van der Waals surface area contributed by atoms with Gasteiger partial charge < -0.3 is 5.73 Å². The van der Waals surface area contributed by atoms with Crippen molar-refractivity contribution in [3.8, 4) is 0 Å². The fourth-order valence-electron chi connectivity index (χ4n) is 2.40. The molecule has 0 unspecified atom stereocenters. The van der Waals surface area contributed by atoms with Crippen LogP contribution in [-0.2, 0) is 19.5 Å². The van der Waals surface area contributed by atoms with Gasteiger partial charge in [-0.1, -0.05) is 17.7 Å². The maximum absolute atomic E-state index is 5.94. The van der Waals surface area contributed by atoms with Gasteiger partial charge in [0, 0.05) is 30.2 Å². The van der Waals surface area contributed by atoms with Crippen molar-refractivity contribution < 1.29 is 0 Å². The molecule has 3 rings (SSSR count). The fourth-order valence-corrected chi connectivity index (χ4v) is 3.47. The summed E-state index contributed by atoms with van der Waals surface area (Å²) in [6, 6.07) is 10.3. The topological polar surface area (TPSA) is 29.3 Å². The van der Waals surface area contributed by atoms with E-state index in [-0.39, 0.29) is 0 Å². The Morgan fingerprint density at radius 3 is 2.78 bits per heavy atom. The summed E-state index contributed by atoms with van der Waals surface area (Å²) in [7, 11) is 0. The van der Waals surface area contributed by atoms with E-state index in [2.05, 4.69) is 23.1 Å². The lowest BCUT2D eigenvalue weighted by Crippen LogP contribution is -2.19. The molecule has 1 aromatic carbocycles. The van der Waals surface area contributed by atoms with Crippen molar-refractivity contribution in [3.63, 3.8) is 0 Å². The number of nitrogens with zero attached hydrogens (tertiary/aromatic N) is 1. The molecule has 0 fully saturated rings. The van der Waals surface area contributed by atoms with Crippen LogP contribution < -0.4 is 5.73 Å². The van der Waals surface area contributed by atoms with Crippen molar-refractivity contribution in [3.05, 3.63) is 50.7 Å². The Balaban J connectivity index is 1.61. The van der Waals surface area contributed by atoms with E-state index in [1.807, 2.05) is 12.1 Å². The van der Waals surface area contributed by atoms with Crippen LogP contribution in [0.5, 0.6) is 0 Å². The molecule has 0 amide bonds. The van der Waals surface area contributed by atoms with Crippen LogP contribution in [0.4, 0.5) is 5.69 Å². The first kappa shape index (κ1) is 12.0. The smallest absolute Gasteiger partial charge is 0.0931 e. The second kappa shape index (κ2) is 4.92. The number of rotatable bonds is 3. The van der Waals surface area contributed by atoms with Crippen molar-refractivity contribution in [1.82, 2.24) is 4.90 Å². The van der Waals surface area contributed by atoms with E-state index in [9.17, 15) is 0 Å². The number of hydrogen-bond donors (Lipinski definition) is 1. The number of nitrogens with two attached hydrogens (primary N) is 1. The van der Waals surface area contributed by atoms with E-state index >= 15 is 0 Å². The molecule has 1 aliphatic heterocycles. The average molecular weight is 279 g/mol. The average Bonchev–Trinajstić information content (AvgIpc) is 2.92. The Kier molecular flexibility index (Phi) is 3.29. The second-order valence-electron chi connectivity index (χ2n) is 4.69. The van der Waals surface area contributed by atoms with Crippen LogP contribution in [-0.4, -0.2) is 11.4 Å². The van der Waals surface area contributed by atoms with E-state index in [4.69, 9.17) is 17.3 Å². The van der Waals surface area contributed by atoms with Crippen molar-refractivity contribution >= 4 is 28.6 Å². The number of fused-ring (bicyclic) bond motifs is 1.